The summed E-state index contributed by atoms with van der Waals surface area (Å²) in [5.74, 6) is -1.16. The Kier molecular flexibility index (Phi) is 4.65. The van der Waals surface area contributed by atoms with Crippen molar-refractivity contribution in [1.82, 2.24) is 4.57 Å². The molecular formula is C15H15ClN2O3. The molecular weight excluding hydrogens is 292 g/mol. The van der Waals surface area contributed by atoms with E-state index in [4.69, 9.17) is 16.7 Å². The summed E-state index contributed by atoms with van der Waals surface area (Å²) in [5, 5.41) is 12.0. The average Bonchev–Trinajstić information content (AvgIpc) is 2.76. The number of aryl methyl sites for hydroxylation is 2. The molecule has 5 nitrogen and oxygen atoms in total. The second kappa shape index (κ2) is 6.45. The van der Waals surface area contributed by atoms with Crippen LogP contribution in [-0.4, -0.2) is 21.6 Å². The molecule has 0 unspecified atom stereocenters. The lowest BCUT2D eigenvalue weighted by atomic mass is 10.1. The van der Waals surface area contributed by atoms with Crippen molar-refractivity contribution in [3.05, 3.63) is 52.8 Å². The number of nitrogens with zero attached hydrogens (tertiary/aromatic N) is 1. The summed E-state index contributed by atoms with van der Waals surface area (Å²) in [6, 6.07) is 8.73. The highest BCUT2D eigenvalue weighted by molar-refractivity contribution is 6.31. The molecule has 0 saturated heterocycles. The third kappa shape index (κ3) is 3.86. The molecule has 0 aliphatic rings. The number of halogens is 1. The minimum Gasteiger partial charge on any atom is -0.481 e. The van der Waals surface area contributed by atoms with Gasteiger partial charge in [0.2, 0.25) is 0 Å². The van der Waals surface area contributed by atoms with Gasteiger partial charge in [0, 0.05) is 25.4 Å². The molecule has 21 heavy (non-hydrogen) atoms. The number of anilines is 1. The third-order valence-electron chi connectivity index (χ3n) is 3.08. The maximum atomic E-state index is 12.2. The number of carbonyl (C=O) groups excluding carboxylic acids is 1. The third-order valence-corrected chi connectivity index (χ3v) is 3.28. The number of rotatable bonds is 5. The van der Waals surface area contributed by atoms with E-state index >= 15 is 0 Å². The maximum Gasteiger partial charge on any atom is 0.303 e. The van der Waals surface area contributed by atoms with E-state index in [2.05, 4.69) is 5.32 Å². The fourth-order valence-electron chi connectivity index (χ4n) is 2.04. The van der Waals surface area contributed by atoms with E-state index in [0.717, 1.165) is 5.56 Å². The van der Waals surface area contributed by atoms with Crippen LogP contribution in [0.1, 0.15) is 22.5 Å². The van der Waals surface area contributed by atoms with Crippen LogP contribution in [0.4, 0.5) is 5.69 Å². The van der Waals surface area contributed by atoms with Crippen molar-refractivity contribution >= 4 is 29.2 Å². The summed E-state index contributed by atoms with van der Waals surface area (Å²) in [6.07, 6.45) is 2.02. The van der Waals surface area contributed by atoms with Gasteiger partial charge in [-0.1, -0.05) is 29.8 Å². The van der Waals surface area contributed by atoms with Gasteiger partial charge < -0.3 is 15.0 Å². The van der Waals surface area contributed by atoms with Gasteiger partial charge in [0.1, 0.15) is 5.69 Å². The SMILES string of the molecule is Cn1cc(Cl)cc1C(=O)Nc1ccccc1CCC(=O)O. The maximum absolute atomic E-state index is 12.2. The molecule has 0 aliphatic heterocycles. The first kappa shape index (κ1) is 15.1. The van der Waals surface area contributed by atoms with Crippen molar-refractivity contribution in [1.29, 1.82) is 0 Å². The molecule has 2 aromatic rings. The van der Waals surface area contributed by atoms with Crippen molar-refractivity contribution in [2.24, 2.45) is 7.05 Å². The second-order valence-electron chi connectivity index (χ2n) is 4.66. The summed E-state index contributed by atoms with van der Waals surface area (Å²) < 4.78 is 1.64. The Bertz CT molecular complexity index is 679. The van der Waals surface area contributed by atoms with E-state index in [-0.39, 0.29) is 12.3 Å². The highest BCUT2D eigenvalue weighted by atomic mass is 35.5. The Labute approximate surface area is 127 Å². The van der Waals surface area contributed by atoms with Gasteiger partial charge >= 0.3 is 5.97 Å². The van der Waals surface area contributed by atoms with Crippen LogP contribution < -0.4 is 5.32 Å². The molecule has 1 heterocycles. The van der Waals surface area contributed by atoms with E-state index in [9.17, 15) is 9.59 Å². The normalized spacial score (nSPS) is 10.4. The van der Waals surface area contributed by atoms with Crippen LogP contribution in [0.25, 0.3) is 0 Å². The molecule has 0 aliphatic carbocycles. The standard InChI is InChI=1S/C15H15ClN2O3/c1-18-9-11(16)8-13(18)15(21)17-12-5-3-2-4-10(12)6-7-14(19)20/h2-5,8-9H,6-7H2,1H3,(H,17,21)(H,19,20). The molecule has 1 aromatic heterocycles. The van der Waals surface area contributed by atoms with Gasteiger partial charge in [-0.05, 0) is 24.1 Å². The number of carbonyl (C=O) groups is 2. The van der Waals surface area contributed by atoms with Crippen LogP contribution in [0.15, 0.2) is 36.5 Å². The van der Waals surface area contributed by atoms with Gasteiger partial charge in [0.25, 0.3) is 5.91 Å². The van der Waals surface area contributed by atoms with Crippen molar-refractivity contribution < 1.29 is 14.7 Å². The number of nitrogens with one attached hydrogen (secondary N) is 1. The Morgan fingerprint density at radius 1 is 1.33 bits per heavy atom. The predicted octanol–water partition coefficient (Wildman–Crippen LogP) is 2.95. The number of carboxylic acids is 1. The number of aliphatic carboxylic acids is 1. The average molecular weight is 307 g/mol. The molecule has 0 radical (unpaired) electrons. The molecule has 6 heteroatoms. The van der Waals surface area contributed by atoms with Gasteiger partial charge in [-0.25, -0.2) is 0 Å². The number of para-hydroxylation sites is 1. The van der Waals surface area contributed by atoms with E-state index in [1.807, 2.05) is 6.07 Å². The van der Waals surface area contributed by atoms with Gasteiger partial charge in [-0.3, -0.25) is 9.59 Å². The summed E-state index contributed by atoms with van der Waals surface area (Å²) in [7, 11) is 1.73. The van der Waals surface area contributed by atoms with Crippen molar-refractivity contribution in [3.63, 3.8) is 0 Å². The molecule has 1 amide bonds. The molecule has 1 aromatic carbocycles. The number of carboxylic acid groups (broad SMARTS) is 1. The van der Waals surface area contributed by atoms with E-state index in [1.165, 1.54) is 0 Å². The van der Waals surface area contributed by atoms with Crippen LogP contribution in [0, 0.1) is 0 Å². The number of amides is 1. The van der Waals surface area contributed by atoms with E-state index in [1.54, 1.807) is 42.1 Å². The number of hydrogen-bond acceptors (Lipinski definition) is 2. The van der Waals surface area contributed by atoms with E-state index < -0.39 is 5.97 Å². The first-order chi connectivity index (χ1) is 9.97. The number of aromatic nitrogens is 1. The molecule has 110 valence electrons. The zero-order chi connectivity index (χ0) is 15.4. The molecule has 0 saturated carbocycles. The van der Waals surface area contributed by atoms with Gasteiger partial charge in [-0.2, -0.15) is 0 Å². The summed E-state index contributed by atoms with van der Waals surface area (Å²) in [5.41, 5.74) is 1.84. The lowest BCUT2D eigenvalue weighted by Crippen LogP contribution is -2.16. The van der Waals surface area contributed by atoms with Crippen molar-refractivity contribution in [3.8, 4) is 0 Å². The summed E-state index contributed by atoms with van der Waals surface area (Å²) >= 11 is 5.86. The molecule has 2 N–H and O–H groups in total. The largest absolute Gasteiger partial charge is 0.481 e. The Hall–Kier alpha value is -2.27. The van der Waals surface area contributed by atoms with Crippen molar-refractivity contribution in [2.45, 2.75) is 12.8 Å². The number of benzene rings is 1. The minimum absolute atomic E-state index is 0.0167. The monoisotopic (exact) mass is 306 g/mol. The van der Waals surface area contributed by atoms with Crippen LogP contribution in [0.5, 0.6) is 0 Å². The lowest BCUT2D eigenvalue weighted by molar-refractivity contribution is -0.136. The Morgan fingerprint density at radius 3 is 2.67 bits per heavy atom. The van der Waals surface area contributed by atoms with Gasteiger partial charge in [0.05, 0.1) is 5.02 Å². The molecule has 0 bridgehead atoms. The quantitative estimate of drug-likeness (QED) is 0.892. The Balaban J connectivity index is 2.17. The second-order valence-corrected chi connectivity index (χ2v) is 5.10. The summed E-state index contributed by atoms with van der Waals surface area (Å²) in [4.78, 5) is 22.9. The van der Waals surface area contributed by atoms with Crippen LogP contribution >= 0.6 is 11.6 Å². The molecule has 0 fully saturated rings. The topological polar surface area (TPSA) is 71.3 Å². The molecule has 2 rings (SSSR count). The fourth-order valence-corrected chi connectivity index (χ4v) is 2.29. The fraction of sp³-hybridized carbons (Fsp3) is 0.200. The first-order valence-corrected chi connectivity index (χ1v) is 6.78. The van der Waals surface area contributed by atoms with Crippen molar-refractivity contribution in [2.75, 3.05) is 5.32 Å². The number of hydrogen-bond donors (Lipinski definition) is 2. The molecule has 0 spiro atoms. The molecule has 0 atom stereocenters. The van der Waals surface area contributed by atoms with E-state index in [0.29, 0.717) is 22.8 Å². The highest BCUT2D eigenvalue weighted by Gasteiger charge is 2.13. The zero-order valence-corrected chi connectivity index (χ0v) is 12.2. The lowest BCUT2D eigenvalue weighted by Gasteiger charge is -2.10. The van der Waals surface area contributed by atoms with Crippen LogP contribution in [0.2, 0.25) is 5.02 Å². The predicted molar refractivity (Wildman–Crippen MR) is 80.8 cm³/mol. The first-order valence-electron chi connectivity index (χ1n) is 6.40. The smallest absolute Gasteiger partial charge is 0.303 e. The van der Waals surface area contributed by atoms with Gasteiger partial charge in [0.15, 0.2) is 0 Å². The minimum atomic E-state index is -0.870. The van der Waals surface area contributed by atoms with Gasteiger partial charge in [-0.15, -0.1) is 0 Å². The zero-order valence-electron chi connectivity index (χ0n) is 11.5. The van der Waals surface area contributed by atoms with Crippen LogP contribution in [-0.2, 0) is 18.3 Å². The highest BCUT2D eigenvalue weighted by Crippen LogP contribution is 2.19. The summed E-state index contributed by atoms with van der Waals surface area (Å²) in [6.45, 7) is 0. The van der Waals surface area contributed by atoms with Crippen LogP contribution in [0.3, 0.4) is 0 Å². The Morgan fingerprint density at radius 2 is 2.05 bits per heavy atom.